The molecule has 4 rings (SSSR count). The Morgan fingerprint density at radius 2 is 1.89 bits per heavy atom. The van der Waals surface area contributed by atoms with Crippen molar-refractivity contribution in [2.75, 3.05) is 12.4 Å². The molecule has 7 heteroatoms. The molecule has 0 aliphatic heterocycles. The lowest BCUT2D eigenvalue weighted by Gasteiger charge is -2.14. The average molecular weight is 383 g/mol. The fourth-order valence-corrected chi connectivity index (χ4v) is 3.03. The van der Waals surface area contributed by atoms with E-state index in [4.69, 9.17) is 4.74 Å². The quantitative estimate of drug-likeness (QED) is 0.454. The molecule has 2 aromatic heterocycles. The first kappa shape index (κ1) is 17.9. The highest BCUT2D eigenvalue weighted by Gasteiger charge is 2.30. The molecule has 0 fully saturated rings. The third-order valence-electron chi connectivity index (χ3n) is 4.40. The van der Waals surface area contributed by atoms with Crippen molar-refractivity contribution in [3.05, 3.63) is 72.6 Å². The molecule has 2 aromatic carbocycles. The van der Waals surface area contributed by atoms with Crippen LogP contribution in [0.4, 0.5) is 24.5 Å². The standard InChI is InChI=1S/C21H16F3N3O/c1-28-20-6-5-13(18-10-14-12-25-8-7-17(14)27-18)9-19(20)26-16-4-2-3-15(11-16)21(22,23)24/h2-12,26-27H,1H3. The molecule has 0 aliphatic rings. The molecule has 0 atom stereocenters. The number of hydrogen-bond acceptors (Lipinski definition) is 3. The lowest BCUT2D eigenvalue weighted by molar-refractivity contribution is -0.137. The van der Waals surface area contributed by atoms with E-state index in [1.807, 2.05) is 24.3 Å². The molecule has 0 amide bonds. The number of pyridine rings is 1. The summed E-state index contributed by atoms with van der Waals surface area (Å²) >= 11 is 0. The van der Waals surface area contributed by atoms with Crippen LogP contribution in [0.2, 0.25) is 0 Å². The van der Waals surface area contributed by atoms with E-state index in [0.29, 0.717) is 17.1 Å². The number of halogens is 3. The molecule has 142 valence electrons. The van der Waals surface area contributed by atoms with Gasteiger partial charge in [0.1, 0.15) is 5.75 Å². The van der Waals surface area contributed by atoms with Gasteiger partial charge in [-0.1, -0.05) is 6.07 Å². The van der Waals surface area contributed by atoms with Gasteiger partial charge >= 0.3 is 6.18 Å². The molecule has 0 radical (unpaired) electrons. The fraction of sp³-hybridized carbons (Fsp3) is 0.0952. The van der Waals surface area contributed by atoms with Crippen LogP contribution in [0.5, 0.6) is 5.75 Å². The summed E-state index contributed by atoms with van der Waals surface area (Å²) < 4.78 is 44.3. The van der Waals surface area contributed by atoms with E-state index in [1.165, 1.54) is 13.2 Å². The Kier molecular flexibility index (Phi) is 4.43. The SMILES string of the molecule is COc1ccc(-c2cc3cnccc3[nH]2)cc1Nc1cccc(C(F)(F)F)c1. The molecule has 0 aliphatic carbocycles. The van der Waals surface area contributed by atoms with E-state index in [2.05, 4.69) is 15.3 Å². The molecule has 0 spiro atoms. The number of alkyl halides is 3. The van der Waals surface area contributed by atoms with Crippen molar-refractivity contribution in [1.82, 2.24) is 9.97 Å². The van der Waals surface area contributed by atoms with Crippen LogP contribution in [0.25, 0.3) is 22.2 Å². The van der Waals surface area contributed by atoms with Crippen LogP contribution >= 0.6 is 0 Å². The van der Waals surface area contributed by atoms with E-state index in [0.717, 1.165) is 34.3 Å². The first-order valence-electron chi connectivity index (χ1n) is 8.49. The van der Waals surface area contributed by atoms with Crippen molar-refractivity contribution in [2.24, 2.45) is 0 Å². The number of H-pyrrole nitrogens is 1. The Morgan fingerprint density at radius 3 is 2.64 bits per heavy atom. The minimum Gasteiger partial charge on any atom is -0.495 e. The molecule has 4 nitrogen and oxygen atoms in total. The van der Waals surface area contributed by atoms with Gasteiger partial charge in [-0.3, -0.25) is 4.98 Å². The summed E-state index contributed by atoms with van der Waals surface area (Å²) in [7, 11) is 1.51. The Labute approximate surface area is 159 Å². The number of aromatic nitrogens is 2. The molecule has 0 unspecified atom stereocenters. The van der Waals surface area contributed by atoms with Crippen LogP contribution in [0.15, 0.2) is 67.0 Å². The number of nitrogens with one attached hydrogen (secondary N) is 2. The molecular weight excluding hydrogens is 367 g/mol. The zero-order chi connectivity index (χ0) is 19.7. The van der Waals surface area contributed by atoms with Crippen LogP contribution in [0.1, 0.15) is 5.56 Å². The van der Waals surface area contributed by atoms with E-state index in [1.54, 1.807) is 24.5 Å². The van der Waals surface area contributed by atoms with Crippen molar-refractivity contribution < 1.29 is 17.9 Å². The van der Waals surface area contributed by atoms with Crippen molar-refractivity contribution in [3.8, 4) is 17.0 Å². The van der Waals surface area contributed by atoms with Gasteiger partial charge in [-0.05, 0) is 48.5 Å². The van der Waals surface area contributed by atoms with Gasteiger partial charge < -0.3 is 15.0 Å². The second-order valence-electron chi connectivity index (χ2n) is 6.26. The van der Waals surface area contributed by atoms with Gasteiger partial charge in [0, 0.05) is 40.2 Å². The van der Waals surface area contributed by atoms with Crippen LogP contribution in [-0.4, -0.2) is 17.1 Å². The highest BCUT2D eigenvalue weighted by atomic mass is 19.4. The van der Waals surface area contributed by atoms with Crippen molar-refractivity contribution in [2.45, 2.75) is 6.18 Å². The van der Waals surface area contributed by atoms with Crippen molar-refractivity contribution in [3.63, 3.8) is 0 Å². The molecule has 0 bridgehead atoms. The molecule has 4 aromatic rings. The third-order valence-corrected chi connectivity index (χ3v) is 4.40. The Morgan fingerprint density at radius 1 is 1.04 bits per heavy atom. The summed E-state index contributed by atoms with van der Waals surface area (Å²) in [6.45, 7) is 0. The van der Waals surface area contributed by atoms with E-state index in [9.17, 15) is 13.2 Å². The number of methoxy groups -OCH3 is 1. The Bertz CT molecular complexity index is 1100. The molecule has 0 saturated carbocycles. The predicted molar refractivity (Wildman–Crippen MR) is 103 cm³/mol. The summed E-state index contributed by atoms with van der Waals surface area (Å²) in [6.07, 6.45) is -0.931. The lowest BCUT2D eigenvalue weighted by atomic mass is 10.1. The number of anilines is 2. The van der Waals surface area contributed by atoms with Gasteiger partial charge in [-0.2, -0.15) is 13.2 Å². The topological polar surface area (TPSA) is 49.9 Å². The minimum atomic E-state index is -4.40. The largest absolute Gasteiger partial charge is 0.495 e. The summed E-state index contributed by atoms with van der Waals surface area (Å²) in [6, 6.07) is 14.4. The summed E-state index contributed by atoms with van der Waals surface area (Å²) in [5.74, 6) is 0.527. The zero-order valence-electron chi connectivity index (χ0n) is 14.8. The van der Waals surface area contributed by atoms with E-state index < -0.39 is 11.7 Å². The highest BCUT2D eigenvalue weighted by Crippen LogP contribution is 2.35. The van der Waals surface area contributed by atoms with E-state index >= 15 is 0 Å². The molecule has 28 heavy (non-hydrogen) atoms. The monoisotopic (exact) mass is 383 g/mol. The van der Waals surface area contributed by atoms with Gasteiger partial charge in [-0.25, -0.2) is 0 Å². The van der Waals surface area contributed by atoms with Crippen LogP contribution in [0.3, 0.4) is 0 Å². The van der Waals surface area contributed by atoms with Crippen LogP contribution < -0.4 is 10.1 Å². The normalized spacial score (nSPS) is 11.6. The van der Waals surface area contributed by atoms with Gasteiger partial charge in [0.15, 0.2) is 0 Å². The van der Waals surface area contributed by atoms with E-state index in [-0.39, 0.29) is 0 Å². The summed E-state index contributed by atoms with van der Waals surface area (Å²) in [5.41, 5.74) is 2.87. The van der Waals surface area contributed by atoms with Crippen LogP contribution in [-0.2, 0) is 6.18 Å². The number of fused-ring (bicyclic) bond motifs is 1. The molecule has 0 saturated heterocycles. The second-order valence-corrected chi connectivity index (χ2v) is 6.26. The lowest BCUT2D eigenvalue weighted by Crippen LogP contribution is -2.05. The maximum absolute atomic E-state index is 13.0. The second kappa shape index (κ2) is 6.92. The number of nitrogens with zero attached hydrogens (tertiary/aromatic N) is 1. The number of aromatic amines is 1. The van der Waals surface area contributed by atoms with Gasteiger partial charge in [0.2, 0.25) is 0 Å². The van der Waals surface area contributed by atoms with Crippen molar-refractivity contribution >= 4 is 22.3 Å². The maximum Gasteiger partial charge on any atom is 0.416 e. The Hall–Kier alpha value is -3.48. The molecule has 2 N–H and O–H groups in total. The Balaban J connectivity index is 1.71. The van der Waals surface area contributed by atoms with Gasteiger partial charge in [-0.15, -0.1) is 0 Å². The van der Waals surface area contributed by atoms with Gasteiger partial charge in [0.25, 0.3) is 0 Å². The fourth-order valence-electron chi connectivity index (χ4n) is 3.03. The maximum atomic E-state index is 13.0. The number of ether oxygens (including phenoxy) is 1. The van der Waals surface area contributed by atoms with Crippen molar-refractivity contribution in [1.29, 1.82) is 0 Å². The smallest absolute Gasteiger partial charge is 0.416 e. The third kappa shape index (κ3) is 3.51. The number of hydrogen-bond donors (Lipinski definition) is 2. The average Bonchev–Trinajstić information content (AvgIpc) is 3.12. The zero-order valence-corrected chi connectivity index (χ0v) is 14.8. The summed E-state index contributed by atoms with van der Waals surface area (Å²) in [4.78, 5) is 7.42. The predicted octanol–water partition coefficient (Wildman–Crippen LogP) is 6.00. The highest BCUT2D eigenvalue weighted by molar-refractivity contribution is 5.86. The first-order chi connectivity index (χ1) is 13.4. The number of benzene rings is 2. The molecule has 2 heterocycles. The summed E-state index contributed by atoms with van der Waals surface area (Å²) in [5, 5.41) is 4.00. The molecular formula is C21H16F3N3O. The number of rotatable bonds is 4. The van der Waals surface area contributed by atoms with Crippen LogP contribution in [0, 0.1) is 0 Å². The van der Waals surface area contributed by atoms with Gasteiger partial charge in [0.05, 0.1) is 18.4 Å². The minimum absolute atomic E-state index is 0.325. The first-order valence-corrected chi connectivity index (χ1v) is 8.49.